The van der Waals surface area contributed by atoms with Gasteiger partial charge in [-0.2, -0.15) is 0 Å². The van der Waals surface area contributed by atoms with E-state index in [0.717, 1.165) is 23.1 Å². The van der Waals surface area contributed by atoms with Gasteiger partial charge < -0.3 is 10.0 Å². The highest BCUT2D eigenvalue weighted by molar-refractivity contribution is 9.10. The maximum absolute atomic E-state index is 9.47. The van der Waals surface area contributed by atoms with Gasteiger partial charge in [-0.25, -0.2) is 0 Å². The number of rotatable bonds is 2. The second kappa shape index (κ2) is 4.54. The standard InChI is InChI=1S/C12H16BrNO/c1-9(15)10-4-5-12(11(13)8-10)14-6-2-3-7-14/h4-5,8-9,15H,2-3,6-7H2,1H3. The van der Waals surface area contributed by atoms with E-state index in [2.05, 4.69) is 26.9 Å². The lowest BCUT2D eigenvalue weighted by Crippen LogP contribution is -2.18. The minimum Gasteiger partial charge on any atom is -0.389 e. The summed E-state index contributed by atoms with van der Waals surface area (Å²) < 4.78 is 1.09. The largest absolute Gasteiger partial charge is 0.389 e. The van der Waals surface area contributed by atoms with Crippen molar-refractivity contribution in [2.45, 2.75) is 25.9 Å². The van der Waals surface area contributed by atoms with Crippen molar-refractivity contribution < 1.29 is 5.11 Å². The van der Waals surface area contributed by atoms with Crippen molar-refractivity contribution in [3.8, 4) is 0 Å². The van der Waals surface area contributed by atoms with Gasteiger partial charge >= 0.3 is 0 Å². The molecule has 0 amide bonds. The molecule has 1 aromatic rings. The summed E-state index contributed by atoms with van der Waals surface area (Å²) in [5.41, 5.74) is 2.21. The predicted octanol–water partition coefficient (Wildman–Crippen LogP) is 3.10. The second-order valence-corrected chi connectivity index (χ2v) is 4.94. The monoisotopic (exact) mass is 269 g/mol. The lowest BCUT2D eigenvalue weighted by molar-refractivity contribution is 0.199. The van der Waals surface area contributed by atoms with Crippen LogP contribution in [0.5, 0.6) is 0 Å². The molecule has 3 heteroatoms. The first-order chi connectivity index (χ1) is 7.18. The molecule has 1 atom stereocenters. The molecule has 2 nitrogen and oxygen atoms in total. The van der Waals surface area contributed by atoms with E-state index in [4.69, 9.17) is 0 Å². The van der Waals surface area contributed by atoms with E-state index in [1.54, 1.807) is 6.92 Å². The normalized spacial score (nSPS) is 18.2. The van der Waals surface area contributed by atoms with E-state index in [1.807, 2.05) is 12.1 Å². The van der Waals surface area contributed by atoms with Gasteiger partial charge in [0.05, 0.1) is 11.8 Å². The van der Waals surface area contributed by atoms with E-state index in [9.17, 15) is 5.11 Å². The van der Waals surface area contributed by atoms with E-state index in [-0.39, 0.29) is 0 Å². The van der Waals surface area contributed by atoms with Gasteiger partial charge in [-0.15, -0.1) is 0 Å². The van der Waals surface area contributed by atoms with E-state index < -0.39 is 6.10 Å². The van der Waals surface area contributed by atoms with Crippen LogP contribution in [0, 0.1) is 0 Å². The number of aliphatic hydroxyl groups excluding tert-OH is 1. The molecule has 1 heterocycles. The average molecular weight is 270 g/mol. The van der Waals surface area contributed by atoms with Gasteiger partial charge in [0.15, 0.2) is 0 Å². The summed E-state index contributed by atoms with van der Waals surface area (Å²) in [6.45, 7) is 4.08. The quantitative estimate of drug-likeness (QED) is 0.892. The zero-order chi connectivity index (χ0) is 10.8. The van der Waals surface area contributed by atoms with Gasteiger partial charge in [-0.1, -0.05) is 6.07 Å². The second-order valence-electron chi connectivity index (χ2n) is 4.08. The fourth-order valence-corrected chi connectivity index (χ4v) is 2.64. The Hall–Kier alpha value is -0.540. The minimum atomic E-state index is -0.395. The van der Waals surface area contributed by atoms with E-state index >= 15 is 0 Å². The molecule has 15 heavy (non-hydrogen) atoms. The van der Waals surface area contributed by atoms with Gasteiger partial charge in [0.25, 0.3) is 0 Å². The maximum atomic E-state index is 9.47. The smallest absolute Gasteiger partial charge is 0.0762 e. The average Bonchev–Trinajstić information content (AvgIpc) is 2.70. The Kier molecular flexibility index (Phi) is 3.32. The molecule has 82 valence electrons. The summed E-state index contributed by atoms with van der Waals surface area (Å²) in [4.78, 5) is 2.38. The topological polar surface area (TPSA) is 23.5 Å². The molecule has 0 saturated carbocycles. The molecule has 2 rings (SSSR count). The lowest BCUT2D eigenvalue weighted by atomic mass is 10.1. The third kappa shape index (κ3) is 2.34. The molecule has 1 fully saturated rings. The SMILES string of the molecule is CC(O)c1ccc(N2CCCC2)c(Br)c1. The van der Waals surface area contributed by atoms with Crippen LogP contribution in [-0.2, 0) is 0 Å². The predicted molar refractivity (Wildman–Crippen MR) is 66.2 cm³/mol. The molecular formula is C12H16BrNO. The summed E-state index contributed by atoms with van der Waals surface area (Å²) >= 11 is 3.57. The molecule has 1 aromatic carbocycles. The summed E-state index contributed by atoms with van der Waals surface area (Å²) in [6.07, 6.45) is 2.17. The zero-order valence-corrected chi connectivity index (χ0v) is 10.5. The van der Waals surface area contributed by atoms with Crippen LogP contribution in [0.4, 0.5) is 5.69 Å². The number of benzene rings is 1. The minimum absolute atomic E-state index is 0.395. The Bertz CT molecular complexity index is 345. The fraction of sp³-hybridized carbons (Fsp3) is 0.500. The van der Waals surface area contributed by atoms with Crippen LogP contribution in [0.2, 0.25) is 0 Å². The number of aliphatic hydroxyl groups is 1. The van der Waals surface area contributed by atoms with Crippen LogP contribution < -0.4 is 4.90 Å². The molecule has 1 unspecified atom stereocenters. The summed E-state index contributed by atoms with van der Waals surface area (Å²) in [5, 5.41) is 9.47. The number of hydrogen-bond acceptors (Lipinski definition) is 2. The van der Waals surface area contributed by atoms with Gasteiger partial charge in [-0.3, -0.25) is 0 Å². The fourth-order valence-electron chi connectivity index (χ4n) is 2.00. The molecule has 0 aliphatic carbocycles. The highest BCUT2D eigenvalue weighted by Gasteiger charge is 2.15. The highest BCUT2D eigenvalue weighted by atomic mass is 79.9. The molecule has 0 spiro atoms. The van der Waals surface area contributed by atoms with Crippen LogP contribution in [0.15, 0.2) is 22.7 Å². The lowest BCUT2D eigenvalue weighted by Gasteiger charge is -2.20. The van der Waals surface area contributed by atoms with Crippen molar-refractivity contribution >= 4 is 21.6 Å². The van der Waals surface area contributed by atoms with Gasteiger partial charge in [0.2, 0.25) is 0 Å². The van der Waals surface area contributed by atoms with Gasteiger partial charge in [0.1, 0.15) is 0 Å². The molecule has 1 saturated heterocycles. The van der Waals surface area contributed by atoms with Crippen molar-refractivity contribution in [1.82, 2.24) is 0 Å². The Labute approximate surface area is 99.0 Å². The van der Waals surface area contributed by atoms with Gasteiger partial charge in [0, 0.05) is 17.6 Å². The maximum Gasteiger partial charge on any atom is 0.0762 e. The van der Waals surface area contributed by atoms with Gasteiger partial charge in [-0.05, 0) is 53.4 Å². The van der Waals surface area contributed by atoms with Crippen LogP contribution in [0.25, 0.3) is 0 Å². The Balaban J connectivity index is 2.25. The first-order valence-electron chi connectivity index (χ1n) is 5.41. The van der Waals surface area contributed by atoms with Crippen LogP contribution >= 0.6 is 15.9 Å². The van der Waals surface area contributed by atoms with E-state index in [0.29, 0.717) is 0 Å². The molecule has 0 bridgehead atoms. The van der Waals surface area contributed by atoms with Crippen molar-refractivity contribution in [3.63, 3.8) is 0 Å². The third-order valence-corrected chi connectivity index (χ3v) is 3.54. The zero-order valence-electron chi connectivity index (χ0n) is 8.91. The first-order valence-corrected chi connectivity index (χ1v) is 6.20. The molecule has 0 aromatic heterocycles. The van der Waals surface area contributed by atoms with Crippen LogP contribution in [-0.4, -0.2) is 18.2 Å². The number of halogens is 1. The molecule has 1 N–H and O–H groups in total. The number of nitrogens with zero attached hydrogens (tertiary/aromatic N) is 1. The molecule has 0 radical (unpaired) electrons. The number of hydrogen-bond donors (Lipinski definition) is 1. The van der Waals surface area contributed by atoms with Crippen molar-refractivity contribution in [2.75, 3.05) is 18.0 Å². The Morgan fingerprint density at radius 3 is 2.53 bits per heavy atom. The van der Waals surface area contributed by atoms with Crippen molar-refractivity contribution in [2.24, 2.45) is 0 Å². The van der Waals surface area contributed by atoms with E-state index in [1.165, 1.54) is 18.5 Å². The number of anilines is 1. The molecule has 1 aliphatic heterocycles. The van der Waals surface area contributed by atoms with Crippen molar-refractivity contribution in [3.05, 3.63) is 28.2 Å². The highest BCUT2D eigenvalue weighted by Crippen LogP contribution is 2.31. The first kappa shape index (κ1) is 11.0. The summed E-state index contributed by atoms with van der Waals surface area (Å²) in [5.74, 6) is 0. The summed E-state index contributed by atoms with van der Waals surface area (Å²) in [7, 11) is 0. The third-order valence-electron chi connectivity index (χ3n) is 2.90. The molecular weight excluding hydrogens is 254 g/mol. The van der Waals surface area contributed by atoms with Crippen LogP contribution in [0.1, 0.15) is 31.4 Å². The molecule has 1 aliphatic rings. The Morgan fingerprint density at radius 2 is 2.00 bits per heavy atom. The van der Waals surface area contributed by atoms with Crippen molar-refractivity contribution in [1.29, 1.82) is 0 Å². The Morgan fingerprint density at radius 1 is 1.33 bits per heavy atom. The summed E-state index contributed by atoms with van der Waals surface area (Å²) in [6, 6.07) is 6.11. The van der Waals surface area contributed by atoms with Crippen LogP contribution in [0.3, 0.4) is 0 Å².